The average Bonchev–Trinajstić information content (AvgIpc) is 1.97. The molecule has 10 heavy (non-hydrogen) atoms. The Morgan fingerprint density at radius 1 is 1.10 bits per heavy atom. The fraction of sp³-hybridized carbons (Fsp3) is 0.700. The van der Waals surface area contributed by atoms with Crippen molar-refractivity contribution in [3.8, 4) is 0 Å². The van der Waals surface area contributed by atoms with Gasteiger partial charge in [0.05, 0.1) is 0 Å². The van der Waals surface area contributed by atoms with Gasteiger partial charge in [0.1, 0.15) is 0 Å². The topological polar surface area (TPSA) is 0 Å². The summed E-state index contributed by atoms with van der Waals surface area (Å²) in [6, 6.07) is 0. The number of rotatable bonds is 6. The quantitative estimate of drug-likeness (QED) is 0.388. The van der Waals surface area contributed by atoms with Crippen molar-refractivity contribution >= 4 is 0 Å². The van der Waals surface area contributed by atoms with E-state index in [1.165, 1.54) is 32.1 Å². The van der Waals surface area contributed by atoms with Crippen molar-refractivity contribution in [1.82, 2.24) is 0 Å². The summed E-state index contributed by atoms with van der Waals surface area (Å²) in [5.74, 6) is 0. The van der Waals surface area contributed by atoms with Gasteiger partial charge in [-0.25, -0.2) is 0 Å². The van der Waals surface area contributed by atoms with Crippen molar-refractivity contribution in [2.24, 2.45) is 0 Å². The Balaban J connectivity index is 2.77. The molecule has 0 spiro atoms. The van der Waals surface area contributed by atoms with Crippen LogP contribution in [0, 0.1) is 6.42 Å². The van der Waals surface area contributed by atoms with E-state index in [1.54, 1.807) is 0 Å². The molecule has 0 saturated carbocycles. The normalized spacial score (nSPS) is 11.0. The molecule has 0 heterocycles. The van der Waals surface area contributed by atoms with Gasteiger partial charge in [-0.05, 0) is 26.2 Å². The molecule has 59 valence electrons. The van der Waals surface area contributed by atoms with Crippen LogP contribution >= 0.6 is 0 Å². The fourth-order valence-electron chi connectivity index (χ4n) is 0.922. The molecule has 0 saturated heterocycles. The predicted molar refractivity (Wildman–Crippen MR) is 47.9 cm³/mol. The van der Waals surface area contributed by atoms with Gasteiger partial charge in [-0.2, -0.15) is 0 Å². The zero-order chi connectivity index (χ0) is 7.66. The van der Waals surface area contributed by atoms with Crippen molar-refractivity contribution in [3.63, 3.8) is 0 Å². The molecule has 0 unspecified atom stereocenters. The van der Waals surface area contributed by atoms with Gasteiger partial charge in [-0.15, -0.1) is 0 Å². The van der Waals surface area contributed by atoms with E-state index in [0.717, 1.165) is 0 Å². The highest BCUT2D eigenvalue weighted by molar-refractivity contribution is 4.76. The largest absolute Gasteiger partial charge is 0.0917 e. The van der Waals surface area contributed by atoms with E-state index >= 15 is 0 Å². The maximum Gasteiger partial charge on any atom is -0.0351 e. The number of hydrogen-bond acceptors (Lipinski definition) is 0. The van der Waals surface area contributed by atoms with Crippen LogP contribution in [0.2, 0.25) is 0 Å². The Labute approximate surface area is 65.3 Å². The van der Waals surface area contributed by atoms with Crippen molar-refractivity contribution in [1.29, 1.82) is 0 Å². The molecule has 0 fully saturated rings. The highest BCUT2D eigenvalue weighted by Gasteiger charge is 1.85. The molecule has 0 bridgehead atoms. The lowest BCUT2D eigenvalue weighted by atomic mass is 10.1. The number of unbranched alkanes of at least 4 members (excludes halogenated alkanes) is 5. The van der Waals surface area contributed by atoms with Crippen molar-refractivity contribution < 1.29 is 0 Å². The molecule has 0 aromatic carbocycles. The van der Waals surface area contributed by atoms with Crippen LogP contribution in [0.25, 0.3) is 0 Å². The van der Waals surface area contributed by atoms with Gasteiger partial charge < -0.3 is 0 Å². The van der Waals surface area contributed by atoms with Crippen LogP contribution < -0.4 is 0 Å². The zero-order valence-electron chi connectivity index (χ0n) is 7.27. The highest BCUT2D eigenvalue weighted by atomic mass is 13.9. The summed E-state index contributed by atoms with van der Waals surface area (Å²) < 4.78 is 0. The standard InChI is InChI=1S/C10H19/c1-3-5-7-9-10-8-6-4-2/h3,5-6H,4,7-10H2,1-2H3/b5-3+. The predicted octanol–water partition coefficient (Wildman–Crippen LogP) is 3.74. The van der Waals surface area contributed by atoms with E-state index in [4.69, 9.17) is 0 Å². The second-order valence-electron chi connectivity index (χ2n) is 2.55. The van der Waals surface area contributed by atoms with Gasteiger partial charge >= 0.3 is 0 Å². The summed E-state index contributed by atoms with van der Waals surface area (Å²) in [5.41, 5.74) is 0. The molecular formula is C10H19. The van der Waals surface area contributed by atoms with Gasteiger partial charge in [-0.3, -0.25) is 0 Å². The van der Waals surface area contributed by atoms with Gasteiger partial charge in [0.15, 0.2) is 0 Å². The Bertz CT molecular complexity index is 72.1. The molecule has 1 radical (unpaired) electrons. The molecule has 0 atom stereocenters. The summed E-state index contributed by atoms with van der Waals surface area (Å²) in [6.07, 6.45) is 13.2. The lowest BCUT2D eigenvalue weighted by Gasteiger charge is -1.94. The van der Waals surface area contributed by atoms with Gasteiger partial charge in [-0.1, -0.05) is 38.3 Å². The van der Waals surface area contributed by atoms with Gasteiger partial charge in [0.2, 0.25) is 0 Å². The summed E-state index contributed by atoms with van der Waals surface area (Å²) in [6.45, 7) is 4.28. The summed E-state index contributed by atoms with van der Waals surface area (Å²) in [7, 11) is 0. The minimum atomic E-state index is 1.23. The first-order valence-corrected chi connectivity index (χ1v) is 4.34. The highest BCUT2D eigenvalue weighted by Crippen LogP contribution is 2.03. The molecule has 0 N–H and O–H groups in total. The third-order valence-corrected chi connectivity index (χ3v) is 1.55. The van der Waals surface area contributed by atoms with Crippen LogP contribution in [0.4, 0.5) is 0 Å². The Morgan fingerprint density at radius 3 is 2.40 bits per heavy atom. The smallest absolute Gasteiger partial charge is 0.0351 e. The molecule has 0 rings (SSSR count). The van der Waals surface area contributed by atoms with E-state index in [-0.39, 0.29) is 0 Å². The number of hydrogen-bond donors (Lipinski definition) is 0. The van der Waals surface area contributed by atoms with Crippen LogP contribution in [-0.4, -0.2) is 0 Å². The molecule has 0 amide bonds. The first-order chi connectivity index (χ1) is 4.91. The minimum Gasteiger partial charge on any atom is -0.0917 e. The van der Waals surface area contributed by atoms with Crippen molar-refractivity contribution in [2.75, 3.05) is 0 Å². The third kappa shape index (κ3) is 7.74. The first kappa shape index (κ1) is 9.74. The molecule has 0 heteroatoms. The average molecular weight is 139 g/mol. The van der Waals surface area contributed by atoms with Crippen molar-refractivity contribution in [3.05, 3.63) is 18.6 Å². The number of allylic oxidation sites excluding steroid dienone is 2. The second-order valence-corrected chi connectivity index (χ2v) is 2.55. The molecule has 0 aromatic heterocycles. The molecule has 0 nitrogen and oxygen atoms in total. The van der Waals surface area contributed by atoms with Gasteiger partial charge in [0.25, 0.3) is 0 Å². The van der Waals surface area contributed by atoms with E-state index < -0.39 is 0 Å². The SMILES string of the molecule is C/C=C/CCCC[CH]CC. The molecule has 0 aliphatic rings. The second kappa shape index (κ2) is 8.74. The summed E-state index contributed by atoms with van der Waals surface area (Å²) in [5, 5.41) is 0. The Hall–Kier alpha value is -0.260. The van der Waals surface area contributed by atoms with Crippen molar-refractivity contribution in [2.45, 2.75) is 46.0 Å². The minimum absolute atomic E-state index is 1.23. The Kier molecular flexibility index (Phi) is 8.51. The first-order valence-electron chi connectivity index (χ1n) is 4.34. The monoisotopic (exact) mass is 139 g/mol. The lowest BCUT2D eigenvalue weighted by Crippen LogP contribution is -1.76. The van der Waals surface area contributed by atoms with E-state index in [2.05, 4.69) is 32.4 Å². The van der Waals surface area contributed by atoms with Crippen LogP contribution in [0.5, 0.6) is 0 Å². The van der Waals surface area contributed by atoms with Crippen LogP contribution in [0.1, 0.15) is 46.0 Å². The molecule has 0 aliphatic carbocycles. The maximum absolute atomic E-state index is 2.36. The molecule has 0 aliphatic heterocycles. The van der Waals surface area contributed by atoms with E-state index in [9.17, 15) is 0 Å². The van der Waals surface area contributed by atoms with Gasteiger partial charge in [0, 0.05) is 0 Å². The third-order valence-electron chi connectivity index (χ3n) is 1.55. The fourth-order valence-corrected chi connectivity index (χ4v) is 0.922. The van der Waals surface area contributed by atoms with E-state index in [1.807, 2.05) is 0 Å². The maximum atomic E-state index is 2.36. The summed E-state index contributed by atoms with van der Waals surface area (Å²) >= 11 is 0. The molecular weight excluding hydrogens is 120 g/mol. The van der Waals surface area contributed by atoms with E-state index in [0.29, 0.717) is 0 Å². The van der Waals surface area contributed by atoms with Crippen LogP contribution in [-0.2, 0) is 0 Å². The van der Waals surface area contributed by atoms with Crippen LogP contribution in [0.3, 0.4) is 0 Å². The Morgan fingerprint density at radius 2 is 1.80 bits per heavy atom. The lowest BCUT2D eigenvalue weighted by molar-refractivity contribution is 0.723. The summed E-state index contributed by atoms with van der Waals surface area (Å²) in [4.78, 5) is 0. The van der Waals surface area contributed by atoms with Crippen LogP contribution in [0.15, 0.2) is 12.2 Å². The zero-order valence-corrected chi connectivity index (χ0v) is 7.27. The molecule has 0 aromatic rings.